The molecule has 0 aliphatic carbocycles. The van der Waals surface area contributed by atoms with Gasteiger partial charge in [0.25, 0.3) is 5.91 Å². The highest BCUT2D eigenvalue weighted by Crippen LogP contribution is 2.20. The van der Waals surface area contributed by atoms with Gasteiger partial charge in [0.2, 0.25) is 5.82 Å². The first-order valence-electron chi connectivity index (χ1n) is 5.99. The quantitative estimate of drug-likeness (QED) is 0.772. The van der Waals surface area contributed by atoms with Crippen molar-refractivity contribution in [1.82, 2.24) is 25.6 Å². The molecule has 0 aliphatic heterocycles. The number of amides is 1. The number of benzene rings is 1. The number of carbonyl (C=O) groups excluding carboxylic acids is 1. The molecular formula is C13H9ClN6O. The number of tetrazole rings is 1. The highest BCUT2D eigenvalue weighted by Gasteiger charge is 2.11. The van der Waals surface area contributed by atoms with Crippen LogP contribution in [0.4, 0.5) is 5.69 Å². The van der Waals surface area contributed by atoms with E-state index in [-0.39, 0.29) is 5.91 Å². The van der Waals surface area contributed by atoms with Gasteiger partial charge in [0, 0.05) is 23.6 Å². The van der Waals surface area contributed by atoms with Crippen LogP contribution in [-0.4, -0.2) is 31.5 Å². The number of aromatic amines is 1. The van der Waals surface area contributed by atoms with Gasteiger partial charge in [-0.15, -0.1) is 10.2 Å². The molecule has 0 radical (unpaired) electrons. The van der Waals surface area contributed by atoms with Gasteiger partial charge in [0.1, 0.15) is 0 Å². The summed E-state index contributed by atoms with van der Waals surface area (Å²) >= 11 is 5.94. The van der Waals surface area contributed by atoms with E-state index in [1.807, 2.05) is 6.07 Å². The molecule has 0 aliphatic rings. The molecule has 0 fully saturated rings. The normalized spacial score (nSPS) is 10.3. The highest BCUT2D eigenvalue weighted by molar-refractivity contribution is 6.34. The molecule has 7 nitrogen and oxygen atoms in total. The third kappa shape index (κ3) is 2.87. The van der Waals surface area contributed by atoms with Crippen LogP contribution in [0.25, 0.3) is 11.4 Å². The number of aromatic nitrogens is 5. The molecule has 0 bridgehead atoms. The lowest BCUT2D eigenvalue weighted by Gasteiger charge is -2.07. The number of H-pyrrole nitrogens is 1. The highest BCUT2D eigenvalue weighted by atomic mass is 35.5. The van der Waals surface area contributed by atoms with Crippen molar-refractivity contribution in [2.24, 2.45) is 0 Å². The maximum atomic E-state index is 12.2. The second-order valence-corrected chi connectivity index (χ2v) is 4.53. The maximum absolute atomic E-state index is 12.2. The van der Waals surface area contributed by atoms with Gasteiger partial charge in [0.15, 0.2) is 0 Å². The molecule has 3 aromatic rings. The molecule has 21 heavy (non-hydrogen) atoms. The number of nitrogens with zero attached hydrogens (tertiary/aromatic N) is 4. The third-order valence-corrected chi connectivity index (χ3v) is 3.04. The van der Waals surface area contributed by atoms with E-state index in [9.17, 15) is 4.79 Å². The second kappa shape index (κ2) is 5.68. The van der Waals surface area contributed by atoms with Crippen molar-refractivity contribution in [3.8, 4) is 11.4 Å². The first-order valence-corrected chi connectivity index (χ1v) is 6.36. The van der Waals surface area contributed by atoms with Gasteiger partial charge < -0.3 is 5.32 Å². The zero-order valence-electron chi connectivity index (χ0n) is 10.6. The first-order chi connectivity index (χ1) is 10.2. The predicted molar refractivity (Wildman–Crippen MR) is 76.8 cm³/mol. The van der Waals surface area contributed by atoms with E-state index < -0.39 is 0 Å². The van der Waals surface area contributed by atoms with Crippen LogP contribution in [-0.2, 0) is 0 Å². The minimum atomic E-state index is -0.312. The van der Waals surface area contributed by atoms with Gasteiger partial charge in [0.05, 0.1) is 10.6 Å². The lowest BCUT2D eigenvalue weighted by atomic mass is 10.2. The Bertz CT molecular complexity index is 774. The second-order valence-electron chi connectivity index (χ2n) is 4.13. The average molecular weight is 301 g/mol. The van der Waals surface area contributed by atoms with Crippen LogP contribution in [0.1, 0.15) is 10.4 Å². The lowest BCUT2D eigenvalue weighted by molar-refractivity contribution is 0.102. The van der Waals surface area contributed by atoms with Gasteiger partial charge in [-0.1, -0.05) is 23.7 Å². The molecule has 0 saturated heterocycles. The standard InChI is InChI=1S/C13H9ClN6O/c14-11-7-15-5-4-10(11)13(21)16-9-3-1-2-8(6-9)12-17-19-20-18-12/h1-7H,(H,16,21)(H,17,18,19,20). The number of hydrogen-bond donors (Lipinski definition) is 2. The summed E-state index contributed by atoms with van der Waals surface area (Å²) in [5.41, 5.74) is 1.70. The number of hydrogen-bond acceptors (Lipinski definition) is 5. The van der Waals surface area contributed by atoms with Crippen molar-refractivity contribution < 1.29 is 4.79 Å². The Labute approximate surface area is 124 Å². The fourth-order valence-corrected chi connectivity index (χ4v) is 1.98. The number of halogens is 1. The number of pyridine rings is 1. The summed E-state index contributed by atoms with van der Waals surface area (Å²) in [6.07, 6.45) is 2.93. The molecule has 1 amide bonds. The summed E-state index contributed by atoms with van der Waals surface area (Å²) < 4.78 is 0. The van der Waals surface area contributed by atoms with E-state index in [1.54, 1.807) is 24.3 Å². The van der Waals surface area contributed by atoms with Crippen LogP contribution in [0, 0.1) is 0 Å². The van der Waals surface area contributed by atoms with Crippen LogP contribution < -0.4 is 5.32 Å². The third-order valence-electron chi connectivity index (χ3n) is 2.74. The SMILES string of the molecule is O=C(Nc1cccc(-c2nn[nH]n2)c1)c1ccncc1Cl. The zero-order chi connectivity index (χ0) is 14.7. The number of anilines is 1. The molecule has 1 aromatic carbocycles. The van der Waals surface area contributed by atoms with E-state index >= 15 is 0 Å². The molecule has 8 heteroatoms. The Kier molecular flexibility index (Phi) is 3.57. The van der Waals surface area contributed by atoms with Gasteiger partial charge in [-0.05, 0) is 23.4 Å². The lowest BCUT2D eigenvalue weighted by Crippen LogP contribution is -2.12. The van der Waals surface area contributed by atoms with Crippen molar-refractivity contribution >= 4 is 23.2 Å². The molecule has 0 spiro atoms. The Morgan fingerprint density at radius 3 is 2.95 bits per heavy atom. The minimum absolute atomic E-state index is 0.296. The summed E-state index contributed by atoms with van der Waals surface area (Å²) in [7, 11) is 0. The Hall–Kier alpha value is -2.80. The molecule has 0 atom stereocenters. The molecule has 3 rings (SSSR count). The van der Waals surface area contributed by atoms with Gasteiger partial charge in [-0.3, -0.25) is 9.78 Å². The van der Waals surface area contributed by atoms with Crippen LogP contribution in [0.15, 0.2) is 42.7 Å². The number of nitrogens with one attached hydrogen (secondary N) is 2. The van der Waals surface area contributed by atoms with Crippen molar-refractivity contribution in [2.75, 3.05) is 5.32 Å². The van der Waals surface area contributed by atoms with Crippen molar-refractivity contribution in [3.63, 3.8) is 0 Å². The molecule has 0 saturated carbocycles. The van der Waals surface area contributed by atoms with Crippen molar-refractivity contribution in [1.29, 1.82) is 0 Å². The van der Waals surface area contributed by atoms with E-state index in [4.69, 9.17) is 11.6 Å². The average Bonchev–Trinajstić information content (AvgIpc) is 3.02. The summed E-state index contributed by atoms with van der Waals surface area (Å²) in [6, 6.07) is 8.67. The van der Waals surface area contributed by atoms with Crippen LogP contribution in [0.2, 0.25) is 5.02 Å². The minimum Gasteiger partial charge on any atom is -0.322 e. The monoisotopic (exact) mass is 300 g/mol. The van der Waals surface area contributed by atoms with Crippen molar-refractivity contribution in [2.45, 2.75) is 0 Å². The van der Waals surface area contributed by atoms with Gasteiger partial charge >= 0.3 is 0 Å². The largest absolute Gasteiger partial charge is 0.322 e. The maximum Gasteiger partial charge on any atom is 0.257 e. The summed E-state index contributed by atoms with van der Waals surface area (Å²) in [5.74, 6) is 0.140. The Balaban J connectivity index is 1.84. The molecule has 104 valence electrons. The Morgan fingerprint density at radius 2 is 2.19 bits per heavy atom. The molecule has 2 aromatic heterocycles. The van der Waals surface area contributed by atoms with E-state index in [0.29, 0.717) is 22.1 Å². The smallest absolute Gasteiger partial charge is 0.257 e. The fourth-order valence-electron chi connectivity index (χ4n) is 1.78. The van der Waals surface area contributed by atoms with Crippen LogP contribution in [0.3, 0.4) is 0 Å². The summed E-state index contributed by atoms with van der Waals surface area (Å²) in [5, 5.41) is 16.7. The van der Waals surface area contributed by atoms with Crippen molar-refractivity contribution in [3.05, 3.63) is 53.3 Å². The van der Waals surface area contributed by atoms with E-state index in [2.05, 4.69) is 30.9 Å². The predicted octanol–water partition coefficient (Wildman–Crippen LogP) is 2.17. The number of rotatable bonds is 3. The topological polar surface area (TPSA) is 96.5 Å². The first kappa shape index (κ1) is 13.2. The number of carbonyl (C=O) groups is 1. The van der Waals surface area contributed by atoms with Gasteiger partial charge in [-0.25, -0.2) is 0 Å². The summed E-state index contributed by atoms with van der Waals surface area (Å²) in [6.45, 7) is 0. The molecule has 2 N–H and O–H groups in total. The van der Waals surface area contributed by atoms with Gasteiger partial charge in [-0.2, -0.15) is 5.21 Å². The van der Waals surface area contributed by atoms with Crippen LogP contribution >= 0.6 is 11.6 Å². The molecule has 0 unspecified atom stereocenters. The summed E-state index contributed by atoms with van der Waals surface area (Å²) in [4.78, 5) is 16.0. The molecule has 2 heterocycles. The Morgan fingerprint density at radius 1 is 1.29 bits per heavy atom. The zero-order valence-corrected chi connectivity index (χ0v) is 11.4. The molecular weight excluding hydrogens is 292 g/mol. The van der Waals surface area contributed by atoms with Crippen LogP contribution in [0.5, 0.6) is 0 Å². The van der Waals surface area contributed by atoms with E-state index in [1.165, 1.54) is 12.4 Å². The fraction of sp³-hybridized carbons (Fsp3) is 0. The van der Waals surface area contributed by atoms with E-state index in [0.717, 1.165) is 5.56 Å².